The normalized spacial score (nSPS) is 16.7. The number of carbonyl (C=O) groups excluding carboxylic acids is 1. The van der Waals surface area contributed by atoms with Crippen molar-refractivity contribution in [3.05, 3.63) is 53.9 Å². The fourth-order valence-electron chi connectivity index (χ4n) is 2.99. The first-order valence-corrected chi connectivity index (χ1v) is 8.45. The molecule has 0 fully saturated rings. The molecule has 134 valence electrons. The van der Waals surface area contributed by atoms with E-state index in [2.05, 4.69) is 20.6 Å². The van der Waals surface area contributed by atoms with Gasteiger partial charge in [-0.15, -0.1) is 5.10 Å². The number of ether oxygens (including phenoxy) is 1. The Labute approximate surface area is 150 Å². The Morgan fingerprint density at radius 3 is 3.12 bits per heavy atom. The molecule has 1 amide bonds. The molecule has 0 spiro atoms. The van der Waals surface area contributed by atoms with Crippen molar-refractivity contribution in [1.29, 1.82) is 0 Å². The van der Waals surface area contributed by atoms with Gasteiger partial charge in [0.1, 0.15) is 11.4 Å². The lowest BCUT2D eigenvalue weighted by Crippen LogP contribution is -2.33. The summed E-state index contributed by atoms with van der Waals surface area (Å²) in [5.74, 6) is -0.0836. The topological polar surface area (TPSA) is 95.1 Å². The summed E-state index contributed by atoms with van der Waals surface area (Å²) in [5.41, 5.74) is 3.80. The second kappa shape index (κ2) is 7.09. The molecule has 1 N–H and O–H groups in total. The molecule has 8 nitrogen and oxygen atoms in total. The number of aromatic nitrogens is 4. The maximum absolute atomic E-state index is 12.3. The largest absolute Gasteiger partial charge is 0.472 e. The van der Waals surface area contributed by atoms with Gasteiger partial charge in [-0.25, -0.2) is 9.67 Å². The van der Waals surface area contributed by atoms with Gasteiger partial charge in [-0.3, -0.25) is 4.79 Å². The van der Waals surface area contributed by atoms with Gasteiger partial charge in [0.2, 0.25) is 0 Å². The molecule has 4 heterocycles. The minimum atomic E-state index is -0.184. The Morgan fingerprint density at radius 1 is 1.38 bits per heavy atom. The SMILES string of the molecule is Cc1cccc(C(=O)NCC2COCc3c(-c4ccoc4)nnn3C2)n1. The minimum Gasteiger partial charge on any atom is -0.472 e. The van der Waals surface area contributed by atoms with Crippen molar-refractivity contribution in [2.24, 2.45) is 5.92 Å². The summed E-state index contributed by atoms with van der Waals surface area (Å²) in [5, 5.41) is 11.4. The lowest BCUT2D eigenvalue weighted by atomic mass is 10.1. The summed E-state index contributed by atoms with van der Waals surface area (Å²) < 4.78 is 12.8. The van der Waals surface area contributed by atoms with Gasteiger partial charge < -0.3 is 14.5 Å². The number of hydrogen-bond acceptors (Lipinski definition) is 6. The van der Waals surface area contributed by atoms with Crippen LogP contribution in [0.1, 0.15) is 21.9 Å². The zero-order valence-electron chi connectivity index (χ0n) is 14.4. The molecule has 26 heavy (non-hydrogen) atoms. The number of furan rings is 1. The molecular weight excluding hydrogens is 334 g/mol. The van der Waals surface area contributed by atoms with E-state index in [1.54, 1.807) is 18.6 Å². The quantitative estimate of drug-likeness (QED) is 0.769. The summed E-state index contributed by atoms with van der Waals surface area (Å²) in [6, 6.07) is 7.24. The van der Waals surface area contributed by atoms with Crippen molar-refractivity contribution >= 4 is 5.91 Å². The van der Waals surface area contributed by atoms with Gasteiger partial charge in [-0.2, -0.15) is 0 Å². The fraction of sp³-hybridized carbons (Fsp3) is 0.333. The molecule has 1 aliphatic heterocycles. The molecule has 1 aliphatic rings. The predicted octanol–water partition coefficient (Wildman–Crippen LogP) is 1.82. The Hall–Kier alpha value is -3.00. The van der Waals surface area contributed by atoms with Crippen molar-refractivity contribution in [2.75, 3.05) is 13.2 Å². The molecule has 4 rings (SSSR count). The van der Waals surface area contributed by atoms with Crippen LogP contribution in [0.5, 0.6) is 0 Å². The van der Waals surface area contributed by atoms with E-state index in [-0.39, 0.29) is 11.8 Å². The summed E-state index contributed by atoms with van der Waals surface area (Å²) in [6.45, 7) is 3.93. The summed E-state index contributed by atoms with van der Waals surface area (Å²) in [7, 11) is 0. The number of carbonyl (C=O) groups is 1. The lowest BCUT2D eigenvalue weighted by Gasteiger charge is -2.14. The molecular formula is C18H19N5O3. The summed E-state index contributed by atoms with van der Waals surface area (Å²) >= 11 is 0. The van der Waals surface area contributed by atoms with Gasteiger partial charge in [0.25, 0.3) is 5.91 Å². The van der Waals surface area contributed by atoms with Crippen LogP contribution in [0, 0.1) is 12.8 Å². The number of nitrogens with one attached hydrogen (secondary N) is 1. The Morgan fingerprint density at radius 2 is 2.31 bits per heavy atom. The second-order valence-corrected chi connectivity index (χ2v) is 6.33. The van der Waals surface area contributed by atoms with Crippen LogP contribution in [-0.4, -0.2) is 39.0 Å². The van der Waals surface area contributed by atoms with Crippen LogP contribution in [0.3, 0.4) is 0 Å². The van der Waals surface area contributed by atoms with E-state index >= 15 is 0 Å². The second-order valence-electron chi connectivity index (χ2n) is 6.33. The van der Waals surface area contributed by atoms with Crippen LogP contribution in [0.2, 0.25) is 0 Å². The third-order valence-corrected chi connectivity index (χ3v) is 4.33. The lowest BCUT2D eigenvalue weighted by molar-refractivity contribution is 0.0849. The zero-order chi connectivity index (χ0) is 17.9. The molecule has 0 saturated carbocycles. The average molecular weight is 353 g/mol. The number of aryl methyl sites for hydroxylation is 1. The Bertz CT molecular complexity index is 903. The van der Waals surface area contributed by atoms with Gasteiger partial charge in [-0.1, -0.05) is 11.3 Å². The Balaban J connectivity index is 1.43. The molecule has 0 aromatic carbocycles. The highest BCUT2D eigenvalue weighted by atomic mass is 16.5. The van der Waals surface area contributed by atoms with Gasteiger partial charge in [0, 0.05) is 30.3 Å². The van der Waals surface area contributed by atoms with Gasteiger partial charge in [0.15, 0.2) is 0 Å². The van der Waals surface area contributed by atoms with E-state index in [1.807, 2.05) is 29.8 Å². The van der Waals surface area contributed by atoms with Gasteiger partial charge >= 0.3 is 0 Å². The standard InChI is InChI=1S/C18H19N5O3/c1-12-3-2-4-15(20-12)18(24)19-7-13-8-23-16(11-26-9-13)17(21-22-23)14-5-6-25-10-14/h2-6,10,13H,7-9,11H2,1H3,(H,19,24). The molecule has 8 heteroatoms. The highest BCUT2D eigenvalue weighted by Crippen LogP contribution is 2.24. The monoisotopic (exact) mass is 353 g/mol. The molecule has 0 bridgehead atoms. The molecule has 0 radical (unpaired) electrons. The molecule has 3 aromatic rings. The predicted molar refractivity (Wildman–Crippen MR) is 92.2 cm³/mol. The van der Waals surface area contributed by atoms with E-state index in [4.69, 9.17) is 9.15 Å². The van der Waals surface area contributed by atoms with Gasteiger partial charge in [0.05, 0.1) is 31.4 Å². The van der Waals surface area contributed by atoms with Crippen LogP contribution >= 0.6 is 0 Å². The van der Waals surface area contributed by atoms with E-state index in [0.29, 0.717) is 32.0 Å². The number of rotatable bonds is 4. The van der Waals surface area contributed by atoms with E-state index < -0.39 is 0 Å². The van der Waals surface area contributed by atoms with Crippen LogP contribution in [0.15, 0.2) is 41.2 Å². The Kier molecular flexibility index (Phi) is 4.49. The van der Waals surface area contributed by atoms with Crippen LogP contribution < -0.4 is 5.32 Å². The van der Waals surface area contributed by atoms with E-state index in [0.717, 1.165) is 22.6 Å². The van der Waals surface area contributed by atoms with E-state index in [1.165, 1.54) is 0 Å². The maximum Gasteiger partial charge on any atom is 0.269 e. The highest BCUT2D eigenvalue weighted by Gasteiger charge is 2.23. The maximum atomic E-state index is 12.3. The molecule has 0 saturated heterocycles. The smallest absolute Gasteiger partial charge is 0.269 e. The first-order valence-electron chi connectivity index (χ1n) is 8.45. The zero-order valence-corrected chi connectivity index (χ0v) is 14.4. The number of hydrogen-bond donors (Lipinski definition) is 1. The average Bonchev–Trinajstić information content (AvgIpc) is 3.25. The first-order chi connectivity index (χ1) is 12.7. The third-order valence-electron chi connectivity index (χ3n) is 4.33. The van der Waals surface area contributed by atoms with Crippen molar-refractivity contribution < 1.29 is 13.9 Å². The van der Waals surface area contributed by atoms with Gasteiger partial charge in [-0.05, 0) is 25.1 Å². The molecule has 0 aliphatic carbocycles. The van der Waals surface area contributed by atoms with Crippen molar-refractivity contribution in [3.8, 4) is 11.3 Å². The summed E-state index contributed by atoms with van der Waals surface area (Å²) in [4.78, 5) is 16.5. The molecule has 1 unspecified atom stereocenters. The molecule has 3 aromatic heterocycles. The van der Waals surface area contributed by atoms with Crippen molar-refractivity contribution in [2.45, 2.75) is 20.1 Å². The van der Waals surface area contributed by atoms with Crippen LogP contribution in [-0.2, 0) is 17.9 Å². The van der Waals surface area contributed by atoms with Crippen molar-refractivity contribution in [3.63, 3.8) is 0 Å². The first kappa shape index (κ1) is 16.5. The third kappa shape index (κ3) is 3.36. The number of amides is 1. The van der Waals surface area contributed by atoms with Crippen molar-refractivity contribution in [1.82, 2.24) is 25.3 Å². The number of fused-ring (bicyclic) bond motifs is 1. The number of nitrogens with zero attached hydrogens (tertiary/aromatic N) is 4. The molecule has 1 atom stereocenters. The minimum absolute atomic E-state index is 0.101. The number of pyridine rings is 1. The van der Waals surface area contributed by atoms with Crippen LogP contribution in [0.25, 0.3) is 11.3 Å². The van der Waals surface area contributed by atoms with Crippen LogP contribution in [0.4, 0.5) is 0 Å². The van der Waals surface area contributed by atoms with E-state index in [9.17, 15) is 4.79 Å². The summed E-state index contributed by atoms with van der Waals surface area (Å²) in [6.07, 6.45) is 3.25. The highest BCUT2D eigenvalue weighted by molar-refractivity contribution is 5.92. The fourth-order valence-corrected chi connectivity index (χ4v) is 2.99.